The lowest BCUT2D eigenvalue weighted by molar-refractivity contribution is -0.116. The highest BCUT2D eigenvalue weighted by Crippen LogP contribution is 2.15. The van der Waals surface area contributed by atoms with Crippen LogP contribution >= 0.6 is 0 Å². The molecule has 0 aliphatic heterocycles. The molecular formula is C20H23N5O2. The Balaban J connectivity index is 1.52. The first-order chi connectivity index (χ1) is 12.9. The molecule has 1 aromatic heterocycles. The van der Waals surface area contributed by atoms with Gasteiger partial charge in [0.05, 0.1) is 17.6 Å². The molecule has 0 aliphatic rings. The molecule has 0 aliphatic carbocycles. The summed E-state index contributed by atoms with van der Waals surface area (Å²) in [6.07, 6.45) is 0.359. The number of rotatable bonds is 7. The third-order valence-electron chi connectivity index (χ3n) is 4.46. The van der Waals surface area contributed by atoms with Crippen molar-refractivity contribution in [1.82, 2.24) is 14.5 Å². The van der Waals surface area contributed by atoms with E-state index in [1.165, 1.54) is 0 Å². The van der Waals surface area contributed by atoms with E-state index in [1.54, 1.807) is 24.3 Å². The van der Waals surface area contributed by atoms with E-state index in [1.807, 2.05) is 38.4 Å². The molecule has 0 atom stereocenters. The van der Waals surface area contributed by atoms with Gasteiger partial charge < -0.3 is 15.6 Å². The predicted molar refractivity (Wildman–Crippen MR) is 105 cm³/mol. The van der Waals surface area contributed by atoms with Crippen molar-refractivity contribution in [3.05, 3.63) is 59.9 Å². The molecule has 0 saturated heterocycles. The number of amides is 2. The van der Waals surface area contributed by atoms with Crippen LogP contribution in [0.4, 0.5) is 5.69 Å². The summed E-state index contributed by atoms with van der Waals surface area (Å²) in [5, 5.41) is 2.82. The van der Waals surface area contributed by atoms with E-state index in [-0.39, 0.29) is 5.91 Å². The lowest BCUT2D eigenvalue weighted by atomic mass is 10.2. The van der Waals surface area contributed by atoms with Crippen LogP contribution in [0.3, 0.4) is 0 Å². The van der Waals surface area contributed by atoms with Crippen LogP contribution in [0.2, 0.25) is 0 Å². The second-order valence-electron chi connectivity index (χ2n) is 6.55. The first-order valence-corrected chi connectivity index (χ1v) is 8.72. The van der Waals surface area contributed by atoms with Crippen molar-refractivity contribution in [3.8, 4) is 0 Å². The van der Waals surface area contributed by atoms with Gasteiger partial charge in [0, 0.05) is 31.3 Å². The van der Waals surface area contributed by atoms with Crippen molar-refractivity contribution in [1.29, 1.82) is 0 Å². The number of carbonyl (C=O) groups is 2. The van der Waals surface area contributed by atoms with Crippen molar-refractivity contribution in [2.45, 2.75) is 13.0 Å². The molecule has 3 aromatic rings. The Morgan fingerprint density at radius 3 is 2.52 bits per heavy atom. The number of imidazole rings is 1. The molecule has 2 amide bonds. The zero-order valence-electron chi connectivity index (χ0n) is 15.5. The fraction of sp³-hybridized carbons (Fsp3) is 0.250. The highest BCUT2D eigenvalue weighted by molar-refractivity contribution is 5.94. The Morgan fingerprint density at radius 2 is 1.85 bits per heavy atom. The molecule has 0 radical (unpaired) electrons. The standard InChI is InChI=1S/C20H23N5O2/c1-24(13-18-23-16-5-3-4-6-17(16)25(18)2)12-11-19(26)22-15-9-7-14(8-10-15)20(21)27/h3-10H,11-13H2,1-2H3,(H2,21,27)(H,22,26). The van der Waals surface area contributed by atoms with Crippen LogP contribution in [-0.2, 0) is 18.4 Å². The summed E-state index contributed by atoms with van der Waals surface area (Å²) in [6.45, 7) is 1.26. The number of aryl methyl sites for hydroxylation is 1. The summed E-state index contributed by atoms with van der Waals surface area (Å²) in [5.74, 6) is 0.385. The van der Waals surface area contributed by atoms with Crippen molar-refractivity contribution < 1.29 is 9.59 Å². The number of nitrogens with two attached hydrogens (primary N) is 1. The molecule has 3 rings (SSSR count). The van der Waals surface area contributed by atoms with Crippen LogP contribution in [-0.4, -0.2) is 39.9 Å². The van der Waals surface area contributed by atoms with Crippen LogP contribution in [0.25, 0.3) is 11.0 Å². The molecule has 0 spiro atoms. The Morgan fingerprint density at radius 1 is 1.15 bits per heavy atom. The highest BCUT2D eigenvalue weighted by atomic mass is 16.2. The smallest absolute Gasteiger partial charge is 0.248 e. The van der Waals surface area contributed by atoms with Crippen LogP contribution in [0.15, 0.2) is 48.5 Å². The molecule has 1 heterocycles. The van der Waals surface area contributed by atoms with Crippen molar-refractivity contribution in [2.24, 2.45) is 12.8 Å². The van der Waals surface area contributed by atoms with Gasteiger partial charge in [-0.1, -0.05) is 12.1 Å². The molecule has 140 valence electrons. The number of hydrogen-bond acceptors (Lipinski definition) is 4. The zero-order valence-corrected chi connectivity index (χ0v) is 15.5. The number of nitrogens with zero attached hydrogens (tertiary/aromatic N) is 3. The first kappa shape index (κ1) is 18.6. The second kappa shape index (κ2) is 8.01. The van der Waals surface area contributed by atoms with Gasteiger partial charge in [0.25, 0.3) is 0 Å². The molecule has 0 unspecified atom stereocenters. The average molecular weight is 365 g/mol. The Labute approximate surface area is 157 Å². The summed E-state index contributed by atoms with van der Waals surface area (Å²) >= 11 is 0. The number of aromatic nitrogens is 2. The monoisotopic (exact) mass is 365 g/mol. The number of carbonyl (C=O) groups excluding carboxylic acids is 2. The van der Waals surface area contributed by atoms with E-state index < -0.39 is 5.91 Å². The molecule has 3 N–H and O–H groups in total. The number of benzene rings is 2. The third kappa shape index (κ3) is 4.51. The Bertz CT molecular complexity index is 962. The van der Waals surface area contributed by atoms with E-state index in [9.17, 15) is 9.59 Å². The lowest BCUT2D eigenvalue weighted by Gasteiger charge is -2.16. The summed E-state index contributed by atoms with van der Waals surface area (Å²) in [6, 6.07) is 14.5. The fourth-order valence-corrected chi connectivity index (χ4v) is 2.89. The quantitative estimate of drug-likeness (QED) is 0.671. The van der Waals surface area contributed by atoms with Crippen molar-refractivity contribution in [2.75, 3.05) is 18.9 Å². The predicted octanol–water partition coefficient (Wildman–Crippen LogP) is 2.13. The Kier molecular flexibility index (Phi) is 5.52. The number of anilines is 1. The van der Waals surface area contributed by atoms with Crippen molar-refractivity contribution in [3.63, 3.8) is 0 Å². The second-order valence-corrected chi connectivity index (χ2v) is 6.55. The van der Waals surface area contributed by atoms with Gasteiger partial charge in [-0.15, -0.1) is 0 Å². The molecule has 2 aromatic carbocycles. The third-order valence-corrected chi connectivity index (χ3v) is 4.46. The number of fused-ring (bicyclic) bond motifs is 1. The lowest BCUT2D eigenvalue weighted by Crippen LogP contribution is -2.25. The van der Waals surface area contributed by atoms with Gasteiger partial charge in [-0.25, -0.2) is 4.98 Å². The number of para-hydroxylation sites is 2. The molecular weight excluding hydrogens is 342 g/mol. The molecule has 7 nitrogen and oxygen atoms in total. The molecule has 27 heavy (non-hydrogen) atoms. The van der Waals surface area contributed by atoms with Crippen molar-refractivity contribution >= 4 is 28.5 Å². The highest BCUT2D eigenvalue weighted by Gasteiger charge is 2.11. The number of nitrogens with one attached hydrogen (secondary N) is 1. The molecule has 0 saturated carbocycles. The van der Waals surface area contributed by atoms with Crippen LogP contribution in [0.1, 0.15) is 22.6 Å². The summed E-state index contributed by atoms with van der Waals surface area (Å²) in [4.78, 5) is 29.9. The molecule has 0 bridgehead atoms. The van der Waals surface area contributed by atoms with E-state index in [2.05, 4.69) is 19.8 Å². The Hall–Kier alpha value is -3.19. The van der Waals surface area contributed by atoms with Gasteiger partial charge in [-0.2, -0.15) is 0 Å². The van der Waals surface area contributed by atoms with Gasteiger partial charge in [0.15, 0.2) is 0 Å². The minimum Gasteiger partial charge on any atom is -0.366 e. The van der Waals surface area contributed by atoms with Gasteiger partial charge in [-0.3, -0.25) is 14.5 Å². The van der Waals surface area contributed by atoms with Gasteiger partial charge in [-0.05, 0) is 43.4 Å². The largest absolute Gasteiger partial charge is 0.366 e. The maximum Gasteiger partial charge on any atom is 0.248 e. The minimum absolute atomic E-state index is 0.0846. The zero-order chi connectivity index (χ0) is 19.4. The normalized spacial score (nSPS) is 11.1. The van der Waals surface area contributed by atoms with Gasteiger partial charge in [0.1, 0.15) is 5.82 Å². The van der Waals surface area contributed by atoms with Gasteiger partial charge in [0.2, 0.25) is 11.8 Å². The maximum atomic E-state index is 12.1. The topological polar surface area (TPSA) is 93.2 Å². The van der Waals surface area contributed by atoms with E-state index in [4.69, 9.17) is 5.73 Å². The van der Waals surface area contributed by atoms with E-state index in [0.29, 0.717) is 30.8 Å². The number of primary amides is 1. The van der Waals surface area contributed by atoms with Crippen LogP contribution in [0.5, 0.6) is 0 Å². The summed E-state index contributed by atoms with van der Waals surface area (Å²) < 4.78 is 2.08. The van der Waals surface area contributed by atoms with E-state index in [0.717, 1.165) is 16.9 Å². The van der Waals surface area contributed by atoms with Crippen LogP contribution in [0, 0.1) is 0 Å². The molecule has 0 fully saturated rings. The summed E-state index contributed by atoms with van der Waals surface area (Å²) in [7, 11) is 3.97. The van der Waals surface area contributed by atoms with Gasteiger partial charge >= 0.3 is 0 Å². The average Bonchev–Trinajstić information content (AvgIpc) is 2.96. The van der Waals surface area contributed by atoms with Crippen LogP contribution < -0.4 is 11.1 Å². The first-order valence-electron chi connectivity index (χ1n) is 8.72. The SMILES string of the molecule is CN(CCC(=O)Nc1ccc(C(N)=O)cc1)Cc1nc2ccccc2n1C. The maximum absolute atomic E-state index is 12.1. The fourth-order valence-electron chi connectivity index (χ4n) is 2.89. The summed E-state index contributed by atoms with van der Waals surface area (Å²) in [5.41, 5.74) is 8.33. The van der Waals surface area contributed by atoms with E-state index >= 15 is 0 Å². The molecule has 7 heteroatoms. The number of hydrogen-bond donors (Lipinski definition) is 2. The minimum atomic E-state index is -0.489.